The summed E-state index contributed by atoms with van der Waals surface area (Å²) in [5.74, 6) is -4.09. The number of rotatable bonds is 7. The molecule has 0 bridgehead atoms. The summed E-state index contributed by atoms with van der Waals surface area (Å²) in [5.41, 5.74) is 5.48. The van der Waals surface area contributed by atoms with E-state index in [9.17, 15) is 31.1 Å². The number of alkyl halides is 4. The topological polar surface area (TPSA) is 89.6 Å². The minimum Gasteiger partial charge on any atom is -0.482 e. The van der Waals surface area contributed by atoms with Gasteiger partial charge in [-0.1, -0.05) is 11.8 Å². The number of nitrogens with one attached hydrogen (secondary N) is 1. The van der Waals surface area contributed by atoms with Gasteiger partial charge in [0.2, 0.25) is 0 Å². The summed E-state index contributed by atoms with van der Waals surface area (Å²) in [6, 6.07) is 3.16. The molecule has 1 aromatic heterocycles. The Morgan fingerprint density at radius 1 is 1.35 bits per heavy atom. The molecule has 2 atom stereocenters. The summed E-state index contributed by atoms with van der Waals surface area (Å²) in [5, 5.41) is 2.49. The van der Waals surface area contributed by atoms with Crippen LogP contribution in [0.2, 0.25) is 0 Å². The molecule has 0 spiro atoms. The van der Waals surface area contributed by atoms with Gasteiger partial charge in [-0.3, -0.25) is 9.79 Å². The van der Waals surface area contributed by atoms with Crippen LogP contribution in [0.25, 0.3) is 0 Å². The van der Waals surface area contributed by atoms with Crippen LogP contribution in [0, 0.1) is 18.6 Å². The van der Waals surface area contributed by atoms with Crippen molar-refractivity contribution in [2.45, 2.75) is 30.2 Å². The molecule has 2 aromatic rings. The lowest BCUT2D eigenvalue weighted by atomic mass is 10.1. The lowest BCUT2D eigenvalue weighted by Gasteiger charge is -2.15. The molecule has 0 saturated heterocycles. The van der Waals surface area contributed by atoms with Crippen molar-refractivity contribution >= 4 is 28.5 Å². The Balaban J connectivity index is 1.79. The molecule has 34 heavy (non-hydrogen) atoms. The summed E-state index contributed by atoms with van der Waals surface area (Å²) >= 11 is 0.940. The Bertz CT molecular complexity index is 1130. The molecule has 3 rings (SSSR count). The second-order valence-electron chi connectivity index (χ2n) is 7.67. The molecule has 3 N–H and O–H groups in total. The van der Waals surface area contributed by atoms with Crippen molar-refractivity contribution in [3.8, 4) is 5.75 Å². The third-order valence-electron chi connectivity index (χ3n) is 5.14. The Hall–Kier alpha value is -2.96. The van der Waals surface area contributed by atoms with Gasteiger partial charge in [0.1, 0.15) is 18.1 Å². The fourth-order valence-corrected chi connectivity index (χ4v) is 4.46. The molecule has 1 aliphatic rings. The average molecular weight is 506 g/mol. The number of hydrogen-bond donors (Lipinski definition) is 2. The van der Waals surface area contributed by atoms with E-state index in [2.05, 4.69) is 20.0 Å². The van der Waals surface area contributed by atoms with Crippen molar-refractivity contribution in [1.82, 2.24) is 4.98 Å². The molecular formula is C21H20F6N4O2S. The molecular weight excluding hydrogens is 486 g/mol. The second kappa shape index (κ2) is 9.72. The molecule has 0 unspecified atom stereocenters. The average Bonchev–Trinajstić information content (AvgIpc) is 3.47. The summed E-state index contributed by atoms with van der Waals surface area (Å²) in [6.07, 6.45) is -3.40. The molecule has 0 radical (unpaired) electrons. The quantitative estimate of drug-likeness (QED) is 0.322. The van der Waals surface area contributed by atoms with Gasteiger partial charge in [0.25, 0.3) is 5.91 Å². The number of aromatic nitrogens is 1. The van der Waals surface area contributed by atoms with Crippen molar-refractivity contribution < 1.29 is 35.9 Å². The van der Waals surface area contributed by atoms with E-state index in [0.717, 1.165) is 24.0 Å². The molecule has 1 amide bonds. The van der Waals surface area contributed by atoms with Crippen LogP contribution in [-0.4, -0.2) is 47.3 Å². The number of nitrogens with two attached hydrogens (primary N) is 1. The largest absolute Gasteiger partial charge is 0.482 e. The summed E-state index contributed by atoms with van der Waals surface area (Å²) in [7, 11) is 1.42. The highest BCUT2D eigenvalue weighted by Gasteiger charge is 2.57. The van der Waals surface area contributed by atoms with Crippen molar-refractivity contribution in [2.24, 2.45) is 10.7 Å². The molecule has 6 nitrogen and oxygen atoms in total. The van der Waals surface area contributed by atoms with Gasteiger partial charge in [-0.25, -0.2) is 18.2 Å². The molecule has 184 valence electrons. The van der Waals surface area contributed by atoms with Crippen molar-refractivity contribution in [2.75, 3.05) is 25.6 Å². The van der Waals surface area contributed by atoms with Gasteiger partial charge < -0.3 is 15.8 Å². The third-order valence-corrected chi connectivity index (χ3v) is 6.50. The van der Waals surface area contributed by atoms with Crippen LogP contribution >= 0.6 is 11.8 Å². The van der Waals surface area contributed by atoms with Gasteiger partial charge >= 0.3 is 6.18 Å². The van der Waals surface area contributed by atoms with E-state index in [1.807, 2.05) is 0 Å². The van der Waals surface area contributed by atoms with Gasteiger partial charge in [-0.15, -0.1) is 0 Å². The number of hydrogen-bond acceptors (Lipinski definition) is 5. The maximum atomic E-state index is 14.5. The number of carbonyl (C=O) groups excluding carboxylic acids is 1. The van der Waals surface area contributed by atoms with Crippen LogP contribution in [0.4, 0.5) is 32.0 Å². The summed E-state index contributed by atoms with van der Waals surface area (Å²) in [6.45, 7) is -0.940. The summed E-state index contributed by atoms with van der Waals surface area (Å²) in [4.78, 5) is 20.2. The van der Waals surface area contributed by atoms with Crippen LogP contribution in [0.5, 0.6) is 5.75 Å². The first-order valence-electron chi connectivity index (χ1n) is 9.83. The van der Waals surface area contributed by atoms with Crippen molar-refractivity contribution in [3.63, 3.8) is 0 Å². The number of halogens is 6. The monoisotopic (exact) mass is 506 g/mol. The van der Waals surface area contributed by atoms with Crippen LogP contribution in [0.1, 0.15) is 34.0 Å². The smallest absolute Gasteiger partial charge is 0.422 e. The number of aryl methyl sites for hydroxylation is 1. The standard InChI is InChI=1S/C21H20F6N4O2S/c1-10-3-12(33-9-21(25,26)27)7-30-17(10)18(32)31-11-4-13(16(24)15(23)5-11)14-6-20(14,8-22)34-19(28)29-2/h3-5,7,14H,6,8-9H2,1-2H3,(H2,28,29)(H,31,32)/t14-,20+/m0/s1. The molecule has 13 heteroatoms. The Morgan fingerprint density at radius 3 is 2.65 bits per heavy atom. The maximum Gasteiger partial charge on any atom is 0.422 e. The normalized spacial score (nSPS) is 20.2. The van der Waals surface area contributed by atoms with Gasteiger partial charge in [-0.05, 0) is 36.6 Å². The third kappa shape index (κ3) is 5.75. The number of amidine groups is 1. The van der Waals surface area contributed by atoms with Gasteiger partial charge in [-0.2, -0.15) is 13.2 Å². The molecule has 0 aliphatic heterocycles. The van der Waals surface area contributed by atoms with E-state index < -0.39 is 47.7 Å². The predicted octanol–water partition coefficient (Wildman–Crippen LogP) is 4.73. The molecule has 1 heterocycles. The lowest BCUT2D eigenvalue weighted by molar-refractivity contribution is -0.153. The van der Waals surface area contributed by atoms with Crippen molar-refractivity contribution in [3.05, 3.63) is 52.9 Å². The Kier molecular flexibility index (Phi) is 7.34. The highest BCUT2D eigenvalue weighted by atomic mass is 32.2. The predicted molar refractivity (Wildman–Crippen MR) is 116 cm³/mol. The van der Waals surface area contributed by atoms with E-state index in [1.165, 1.54) is 26.1 Å². The summed E-state index contributed by atoms with van der Waals surface area (Å²) < 4.78 is 82.9. The van der Waals surface area contributed by atoms with E-state index in [0.29, 0.717) is 0 Å². The number of amides is 1. The minimum absolute atomic E-state index is 0.0979. The van der Waals surface area contributed by atoms with Crippen LogP contribution in [0.3, 0.4) is 0 Å². The molecule has 1 fully saturated rings. The van der Waals surface area contributed by atoms with Gasteiger partial charge in [0.15, 0.2) is 23.4 Å². The van der Waals surface area contributed by atoms with Crippen LogP contribution in [0.15, 0.2) is 29.4 Å². The zero-order valence-corrected chi connectivity index (χ0v) is 18.8. The Morgan fingerprint density at radius 2 is 2.06 bits per heavy atom. The number of anilines is 1. The SMILES string of the molecule is C/N=C(/N)S[C@@]1(CF)C[C@H]1c1cc(NC(=O)c2ncc(OCC(F)(F)F)cc2C)cc(F)c1F. The number of benzene rings is 1. The zero-order chi connectivity index (χ0) is 25.3. The van der Waals surface area contributed by atoms with E-state index in [1.54, 1.807) is 0 Å². The number of thioether (sulfide) groups is 1. The molecule has 1 aliphatic carbocycles. The lowest BCUT2D eigenvalue weighted by Crippen LogP contribution is -2.20. The van der Waals surface area contributed by atoms with Crippen LogP contribution < -0.4 is 15.8 Å². The highest BCUT2D eigenvalue weighted by molar-refractivity contribution is 8.15. The highest BCUT2D eigenvalue weighted by Crippen LogP contribution is 2.61. The molecule has 1 saturated carbocycles. The first-order chi connectivity index (χ1) is 15.9. The first-order valence-corrected chi connectivity index (χ1v) is 10.6. The van der Waals surface area contributed by atoms with Crippen LogP contribution in [-0.2, 0) is 0 Å². The zero-order valence-electron chi connectivity index (χ0n) is 18.0. The maximum absolute atomic E-state index is 14.5. The van der Waals surface area contributed by atoms with E-state index >= 15 is 0 Å². The molecule has 1 aromatic carbocycles. The number of aliphatic imine (C=N–C) groups is 1. The fraction of sp³-hybridized carbons (Fsp3) is 0.381. The van der Waals surface area contributed by atoms with E-state index in [4.69, 9.17) is 5.73 Å². The first kappa shape index (κ1) is 25.7. The van der Waals surface area contributed by atoms with Gasteiger partial charge in [0.05, 0.1) is 10.9 Å². The van der Waals surface area contributed by atoms with Crippen molar-refractivity contribution in [1.29, 1.82) is 0 Å². The Labute approximate surface area is 195 Å². The minimum atomic E-state index is -4.54. The van der Waals surface area contributed by atoms with Gasteiger partial charge in [0, 0.05) is 24.7 Å². The van der Waals surface area contributed by atoms with E-state index in [-0.39, 0.29) is 39.8 Å². The number of nitrogens with zero attached hydrogens (tertiary/aromatic N) is 2. The number of pyridine rings is 1. The number of carbonyl (C=O) groups is 1. The number of ether oxygens (including phenoxy) is 1. The second-order valence-corrected chi connectivity index (χ2v) is 9.11. The fourth-order valence-electron chi connectivity index (χ4n) is 3.38.